The highest BCUT2D eigenvalue weighted by Gasteiger charge is 2.08. The van der Waals surface area contributed by atoms with Crippen LogP contribution in [0.5, 0.6) is 0 Å². The van der Waals surface area contributed by atoms with Crippen LogP contribution in [0.3, 0.4) is 0 Å². The van der Waals surface area contributed by atoms with Gasteiger partial charge in [0.2, 0.25) is 0 Å². The average Bonchev–Trinajstić information content (AvgIpc) is 3.15. The number of hydrogen-bond acceptors (Lipinski definition) is 6. The number of halogens is 1. The van der Waals surface area contributed by atoms with E-state index in [2.05, 4.69) is 30.7 Å². The SMILES string of the molecule is Cn1cc(-c2cc(NCc3ccc(F)cc3)nc(Nc3cnccn3)c2)cn1. The van der Waals surface area contributed by atoms with E-state index in [1.54, 1.807) is 41.6 Å². The zero-order valence-corrected chi connectivity index (χ0v) is 15.2. The number of rotatable bonds is 6. The Balaban J connectivity index is 1.62. The molecule has 0 unspecified atom stereocenters. The lowest BCUT2D eigenvalue weighted by atomic mass is 10.1. The van der Waals surface area contributed by atoms with Crippen LogP contribution in [0.2, 0.25) is 0 Å². The van der Waals surface area contributed by atoms with Gasteiger partial charge in [-0.3, -0.25) is 9.67 Å². The number of aromatic nitrogens is 5. The van der Waals surface area contributed by atoms with Crippen LogP contribution in [-0.2, 0) is 13.6 Å². The predicted octanol–water partition coefficient (Wildman–Crippen LogP) is 3.77. The molecule has 0 bridgehead atoms. The molecule has 0 radical (unpaired) electrons. The Morgan fingerprint density at radius 3 is 2.50 bits per heavy atom. The van der Waals surface area contributed by atoms with Gasteiger partial charge in [-0.15, -0.1) is 0 Å². The molecule has 0 fully saturated rings. The van der Waals surface area contributed by atoms with Crippen molar-refractivity contribution >= 4 is 17.5 Å². The lowest BCUT2D eigenvalue weighted by Gasteiger charge is -2.11. The summed E-state index contributed by atoms with van der Waals surface area (Å²) in [5.74, 6) is 1.65. The summed E-state index contributed by atoms with van der Waals surface area (Å²) < 4.78 is 14.8. The highest BCUT2D eigenvalue weighted by Crippen LogP contribution is 2.26. The Morgan fingerprint density at radius 1 is 0.964 bits per heavy atom. The van der Waals surface area contributed by atoms with Crippen LogP contribution >= 0.6 is 0 Å². The minimum absolute atomic E-state index is 0.254. The van der Waals surface area contributed by atoms with Gasteiger partial charge in [0.05, 0.1) is 12.4 Å². The second-order valence-corrected chi connectivity index (χ2v) is 6.22. The molecule has 0 aliphatic carbocycles. The summed E-state index contributed by atoms with van der Waals surface area (Å²) in [5, 5.41) is 10.7. The Morgan fingerprint density at radius 2 is 1.79 bits per heavy atom. The highest BCUT2D eigenvalue weighted by atomic mass is 19.1. The van der Waals surface area contributed by atoms with E-state index in [-0.39, 0.29) is 5.82 Å². The van der Waals surface area contributed by atoms with Crippen molar-refractivity contribution in [1.29, 1.82) is 0 Å². The van der Waals surface area contributed by atoms with E-state index in [0.29, 0.717) is 24.0 Å². The van der Waals surface area contributed by atoms with Crippen molar-refractivity contribution in [2.45, 2.75) is 6.54 Å². The number of anilines is 3. The van der Waals surface area contributed by atoms with Gasteiger partial charge in [-0.1, -0.05) is 12.1 Å². The van der Waals surface area contributed by atoms with Gasteiger partial charge in [-0.05, 0) is 35.4 Å². The van der Waals surface area contributed by atoms with Crippen LogP contribution < -0.4 is 10.6 Å². The van der Waals surface area contributed by atoms with E-state index in [9.17, 15) is 4.39 Å². The van der Waals surface area contributed by atoms with Gasteiger partial charge in [0.1, 0.15) is 23.3 Å². The monoisotopic (exact) mass is 375 g/mol. The van der Waals surface area contributed by atoms with Crippen molar-refractivity contribution in [3.63, 3.8) is 0 Å². The molecule has 8 heteroatoms. The molecule has 3 heterocycles. The molecule has 0 amide bonds. The maximum atomic E-state index is 13.1. The summed E-state index contributed by atoms with van der Waals surface area (Å²) in [6, 6.07) is 10.2. The quantitative estimate of drug-likeness (QED) is 0.534. The number of aryl methyl sites for hydroxylation is 1. The Kier molecular flexibility index (Phi) is 4.92. The summed E-state index contributed by atoms with van der Waals surface area (Å²) >= 11 is 0. The van der Waals surface area contributed by atoms with Crippen molar-refractivity contribution in [2.24, 2.45) is 7.05 Å². The van der Waals surface area contributed by atoms with E-state index in [4.69, 9.17) is 0 Å². The number of hydrogen-bond donors (Lipinski definition) is 2. The van der Waals surface area contributed by atoms with Gasteiger partial charge >= 0.3 is 0 Å². The fraction of sp³-hybridized carbons (Fsp3) is 0.100. The molecule has 2 N–H and O–H groups in total. The van der Waals surface area contributed by atoms with Gasteiger partial charge in [0, 0.05) is 37.7 Å². The molecular formula is C20H18FN7. The molecule has 4 rings (SSSR count). The first-order valence-electron chi connectivity index (χ1n) is 8.68. The lowest BCUT2D eigenvalue weighted by molar-refractivity contribution is 0.627. The fourth-order valence-corrected chi connectivity index (χ4v) is 2.71. The molecular weight excluding hydrogens is 357 g/mol. The molecule has 140 valence electrons. The molecule has 0 saturated heterocycles. The Hall–Kier alpha value is -3.81. The first kappa shape index (κ1) is 17.6. The Labute approximate surface area is 161 Å². The largest absolute Gasteiger partial charge is 0.366 e. The van der Waals surface area contributed by atoms with Crippen LogP contribution in [0.1, 0.15) is 5.56 Å². The summed E-state index contributed by atoms with van der Waals surface area (Å²) in [6.45, 7) is 0.522. The van der Waals surface area contributed by atoms with Gasteiger partial charge in [0.25, 0.3) is 0 Å². The van der Waals surface area contributed by atoms with Crippen molar-refractivity contribution in [1.82, 2.24) is 24.7 Å². The molecule has 0 aliphatic heterocycles. The average molecular weight is 375 g/mol. The minimum atomic E-state index is -0.254. The molecule has 1 aromatic carbocycles. The van der Waals surface area contributed by atoms with E-state index < -0.39 is 0 Å². The molecule has 0 saturated carbocycles. The van der Waals surface area contributed by atoms with Crippen molar-refractivity contribution in [2.75, 3.05) is 10.6 Å². The van der Waals surface area contributed by atoms with Crippen LogP contribution in [-0.4, -0.2) is 24.7 Å². The van der Waals surface area contributed by atoms with Crippen molar-refractivity contribution in [3.05, 3.63) is 78.8 Å². The van der Waals surface area contributed by atoms with Crippen LogP contribution in [0.4, 0.5) is 21.8 Å². The van der Waals surface area contributed by atoms with Crippen molar-refractivity contribution in [3.8, 4) is 11.1 Å². The van der Waals surface area contributed by atoms with Gasteiger partial charge in [-0.25, -0.2) is 14.4 Å². The third-order valence-electron chi connectivity index (χ3n) is 4.07. The Bertz CT molecular complexity index is 1060. The summed E-state index contributed by atoms with van der Waals surface area (Å²) in [5.41, 5.74) is 2.88. The molecule has 0 atom stereocenters. The topological polar surface area (TPSA) is 80.5 Å². The smallest absolute Gasteiger partial charge is 0.150 e. The zero-order chi connectivity index (χ0) is 19.3. The van der Waals surface area contributed by atoms with Crippen LogP contribution in [0.15, 0.2) is 67.4 Å². The number of nitrogens with one attached hydrogen (secondary N) is 2. The molecule has 4 aromatic rings. The fourth-order valence-electron chi connectivity index (χ4n) is 2.71. The van der Waals surface area contributed by atoms with Crippen molar-refractivity contribution < 1.29 is 4.39 Å². The second-order valence-electron chi connectivity index (χ2n) is 6.22. The summed E-state index contributed by atoms with van der Waals surface area (Å²) in [4.78, 5) is 12.9. The molecule has 0 aliphatic rings. The van der Waals surface area contributed by atoms with Gasteiger partial charge in [0.15, 0.2) is 0 Å². The zero-order valence-electron chi connectivity index (χ0n) is 15.2. The second kappa shape index (κ2) is 7.83. The standard InChI is InChI=1S/C20H18FN7/c1-28-13-16(11-25-28)15-8-18(24-10-14-2-4-17(21)5-3-14)26-19(9-15)27-20-12-22-6-7-23-20/h2-9,11-13H,10H2,1H3,(H2,23,24,26,27). The van der Waals surface area contributed by atoms with Gasteiger partial charge in [-0.2, -0.15) is 5.10 Å². The normalized spacial score (nSPS) is 10.6. The summed E-state index contributed by atoms with van der Waals surface area (Å²) in [6.07, 6.45) is 8.59. The highest BCUT2D eigenvalue weighted by molar-refractivity contribution is 5.70. The molecule has 0 spiro atoms. The number of benzene rings is 1. The van der Waals surface area contributed by atoms with E-state index in [1.165, 1.54) is 12.1 Å². The predicted molar refractivity (Wildman–Crippen MR) is 105 cm³/mol. The third kappa shape index (κ3) is 4.29. The maximum Gasteiger partial charge on any atom is 0.150 e. The van der Waals surface area contributed by atoms with Crippen LogP contribution in [0, 0.1) is 5.82 Å². The van der Waals surface area contributed by atoms with Crippen LogP contribution in [0.25, 0.3) is 11.1 Å². The van der Waals surface area contributed by atoms with E-state index in [0.717, 1.165) is 16.7 Å². The first-order valence-corrected chi connectivity index (χ1v) is 8.68. The van der Waals surface area contributed by atoms with E-state index >= 15 is 0 Å². The number of nitrogens with zero attached hydrogens (tertiary/aromatic N) is 5. The maximum absolute atomic E-state index is 13.1. The number of pyridine rings is 1. The molecule has 28 heavy (non-hydrogen) atoms. The minimum Gasteiger partial charge on any atom is -0.366 e. The van der Waals surface area contributed by atoms with Gasteiger partial charge < -0.3 is 10.6 Å². The third-order valence-corrected chi connectivity index (χ3v) is 4.07. The molecule has 3 aromatic heterocycles. The molecule has 7 nitrogen and oxygen atoms in total. The first-order chi connectivity index (χ1) is 13.7. The lowest BCUT2D eigenvalue weighted by Crippen LogP contribution is -2.04. The summed E-state index contributed by atoms with van der Waals surface area (Å²) in [7, 11) is 1.87. The van der Waals surface area contributed by atoms with E-state index in [1.807, 2.05) is 25.4 Å².